The zero-order valence-corrected chi connectivity index (χ0v) is 14.1. The topological polar surface area (TPSA) is 75.6 Å². The van der Waals surface area contributed by atoms with Gasteiger partial charge in [-0.15, -0.1) is 0 Å². The Morgan fingerprint density at radius 3 is 2.62 bits per heavy atom. The molecule has 128 valence electrons. The highest BCUT2D eigenvalue weighted by molar-refractivity contribution is 5.96. The van der Waals surface area contributed by atoms with Crippen molar-refractivity contribution >= 4 is 16.6 Å². The summed E-state index contributed by atoms with van der Waals surface area (Å²) in [6.45, 7) is 1.78. The van der Waals surface area contributed by atoms with Gasteiger partial charge in [-0.05, 0) is 30.9 Å². The molecule has 0 bridgehead atoms. The van der Waals surface area contributed by atoms with Crippen molar-refractivity contribution in [2.45, 2.75) is 24.9 Å². The number of ether oxygens (including phenoxy) is 2. The highest BCUT2D eigenvalue weighted by Gasteiger charge is 2.34. The number of nitrogens with one attached hydrogen (secondary N) is 2. The number of hydrogen-bond acceptors (Lipinski definition) is 6. The number of anilines is 1. The van der Waals surface area contributed by atoms with E-state index in [2.05, 4.69) is 10.6 Å². The molecular formula is C18H23N3O3. The number of fused-ring (bicyclic) bond motifs is 2. The molecule has 1 fully saturated rings. The van der Waals surface area contributed by atoms with Crippen molar-refractivity contribution in [1.29, 1.82) is 0 Å². The molecule has 1 aliphatic carbocycles. The second-order valence-corrected chi connectivity index (χ2v) is 6.67. The van der Waals surface area contributed by atoms with Crippen molar-refractivity contribution in [3.63, 3.8) is 0 Å². The molecule has 2 aromatic rings. The van der Waals surface area contributed by atoms with Gasteiger partial charge in [-0.25, -0.2) is 0 Å². The molecule has 1 aromatic carbocycles. The molecule has 0 unspecified atom stereocenters. The zero-order chi connectivity index (χ0) is 16.7. The highest BCUT2D eigenvalue weighted by Crippen LogP contribution is 2.39. The second-order valence-electron chi connectivity index (χ2n) is 6.67. The third-order valence-electron chi connectivity index (χ3n) is 5.02. The van der Waals surface area contributed by atoms with Crippen LogP contribution in [0.5, 0.6) is 11.5 Å². The first kappa shape index (κ1) is 15.5. The molecule has 24 heavy (non-hydrogen) atoms. The van der Waals surface area contributed by atoms with Crippen LogP contribution in [0, 0.1) is 0 Å². The van der Waals surface area contributed by atoms with E-state index in [0.29, 0.717) is 31.1 Å². The Labute approximate surface area is 141 Å². The van der Waals surface area contributed by atoms with E-state index in [9.17, 15) is 5.11 Å². The van der Waals surface area contributed by atoms with Gasteiger partial charge in [-0.1, -0.05) is 0 Å². The fourth-order valence-electron chi connectivity index (χ4n) is 3.58. The summed E-state index contributed by atoms with van der Waals surface area (Å²) in [5, 5.41) is 18.0. The van der Waals surface area contributed by atoms with Gasteiger partial charge in [-0.2, -0.15) is 0 Å². The van der Waals surface area contributed by atoms with Gasteiger partial charge in [0.25, 0.3) is 0 Å². The van der Waals surface area contributed by atoms with Crippen LogP contribution in [-0.4, -0.2) is 49.5 Å². The van der Waals surface area contributed by atoms with Crippen molar-refractivity contribution in [3.8, 4) is 11.5 Å². The molecule has 0 radical (unpaired) electrons. The lowest BCUT2D eigenvalue weighted by atomic mass is 9.96. The monoisotopic (exact) mass is 329 g/mol. The van der Waals surface area contributed by atoms with E-state index in [4.69, 9.17) is 14.5 Å². The number of nitrogens with zero attached hydrogens (tertiary/aromatic N) is 1. The van der Waals surface area contributed by atoms with E-state index in [1.807, 2.05) is 12.1 Å². The Morgan fingerprint density at radius 1 is 1.21 bits per heavy atom. The number of aliphatic hydroxyl groups is 1. The van der Waals surface area contributed by atoms with E-state index in [0.717, 1.165) is 41.5 Å². The molecule has 0 atom stereocenters. The van der Waals surface area contributed by atoms with Gasteiger partial charge in [0.15, 0.2) is 11.5 Å². The second kappa shape index (κ2) is 5.79. The van der Waals surface area contributed by atoms with E-state index >= 15 is 0 Å². The normalized spacial score (nSPS) is 18.1. The van der Waals surface area contributed by atoms with Gasteiger partial charge in [0.1, 0.15) is 5.60 Å². The molecule has 6 heteroatoms. The maximum absolute atomic E-state index is 10.4. The number of aryl methyl sites for hydroxylation is 1. The average Bonchev–Trinajstić information content (AvgIpc) is 3.03. The number of benzene rings is 1. The Kier molecular flexibility index (Phi) is 3.73. The largest absolute Gasteiger partial charge is 0.493 e. The lowest BCUT2D eigenvalue weighted by molar-refractivity contribution is 0.00314. The number of methoxy groups -OCH3 is 2. The first-order chi connectivity index (χ1) is 11.6. The minimum atomic E-state index is -0.669. The van der Waals surface area contributed by atoms with Crippen molar-refractivity contribution in [2.24, 2.45) is 0 Å². The van der Waals surface area contributed by atoms with Gasteiger partial charge in [0.2, 0.25) is 0 Å². The third-order valence-corrected chi connectivity index (χ3v) is 5.02. The number of hydrogen-bond donors (Lipinski definition) is 3. The molecule has 6 nitrogen and oxygen atoms in total. The molecule has 3 N–H and O–H groups in total. The summed E-state index contributed by atoms with van der Waals surface area (Å²) in [6.07, 6.45) is 3.14. The lowest BCUT2D eigenvalue weighted by Gasteiger charge is -2.38. The number of pyridine rings is 1. The van der Waals surface area contributed by atoms with E-state index in [1.165, 1.54) is 5.56 Å². The molecule has 1 aliphatic heterocycles. The molecule has 1 saturated heterocycles. The van der Waals surface area contributed by atoms with Gasteiger partial charge < -0.3 is 25.2 Å². The predicted octanol–water partition coefficient (Wildman–Crippen LogP) is 1.49. The van der Waals surface area contributed by atoms with Crippen LogP contribution in [0.1, 0.15) is 17.7 Å². The average molecular weight is 329 g/mol. The SMILES string of the molecule is COc1cc2nc3c(c(NCC4(O)CNC4)c2cc1OC)CCC3. The smallest absolute Gasteiger partial charge is 0.162 e. The third kappa shape index (κ3) is 2.46. The van der Waals surface area contributed by atoms with Crippen LogP contribution < -0.4 is 20.1 Å². The Bertz CT molecular complexity index is 787. The molecule has 4 rings (SSSR count). The molecule has 2 aliphatic rings. The van der Waals surface area contributed by atoms with Crippen LogP contribution in [0.2, 0.25) is 0 Å². The summed E-state index contributed by atoms with van der Waals surface area (Å²) >= 11 is 0. The number of rotatable bonds is 5. The van der Waals surface area contributed by atoms with E-state index in [-0.39, 0.29) is 0 Å². The fraction of sp³-hybridized carbons (Fsp3) is 0.500. The van der Waals surface area contributed by atoms with Crippen LogP contribution in [-0.2, 0) is 12.8 Å². The van der Waals surface area contributed by atoms with Crippen molar-refractivity contribution in [1.82, 2.24) is 10.3 Å². The first-order valence-corrected chi connectivity index (χ1v) is 8.38. The minimum absolute atomic E-state index is 0.528. The van der Waals surface area contributed by atoms with Gasteiger partial charge in [0.05, 0.1) is 19.7 Å². The predicted molar refractivity (Wildman–Crippen MR) is 93.2 cm³/mol. The summed E-state index contributed by atoms with van der Waals surface area (Å²) in [4.78, 5) is 4.83. The highest BCUT2D eigenvalue weighted by atomic mass is 16.5. The quantitative estimate of drug-likeness (QED) is 0.772. The molecule has 0 amide bonds. The Hall–Kier alpha value is -2.05. The number of β-amino-alcohol motifs (C(OH)–C–C–N with tert-alkyl or cyclic N) is 1. The molecule has 0 spiro atoms. The van der Waals surface area contributed by atoms with Crippen LogP contribution in [0.25, 0.3) is 10.9 Å². The summed E-state index contributed by atoms with van der Waals surface area (Å²) in [5.74, 6) is 1.38. The lowest BCUT2D eigenvalue weighted by Crippen LogP contribution is -2.63. The standard InChI is InChI=1S/C18H23N3O3/c1-23-15-6-12-14(7-16(15)24-2)21-13-5-3-4-11(13)17(12)20-10-18(22)8-19-9-18/h6-7,19,22H,3-5,8-10H2,1-2H3,(H,20,21). The maximum Gasteiger partial charge on any atom is 0.162 e. The van der Waals surface area contributed by atoms with Crippen LogP contribution in [0.15, 0.2) is 12.1 Å². The van der Waals surface area contributed by atoms with Crippen molar-refractivity contribution in [2.75, 3.05) is 39.2 Å². The summed E-state index contributed by atoms with van der Waals surface area (Å²) in [6, 6.07) is 3.91. The fourth-order valence-corrected chi connectivity index (χ4v) is 3.58. The molecular weight excluding hydrogens is 306 g/mol. The molecule has 1 aromatic heterocycles. The summed E-state index contributed by atoms with van der Waals surface area (Å²) in [7, 11) is 3.27. The van der Waals surface area contributed by atoms with E-state index < -0.39 is 5.60 Å². The van der Waals surface area contributed by atoms with Gasteiger partial charge in [-0.3, -0.25) is 4.98 Å². The molecule has 2 heterocycles. The Balaban J connectivity index is 1.82. The van der Waals surface area contributed by atoms with Crippen molar-refractivity contribution in [3.05, 3.63) is 23.4 Å². The van der Waals surface area contributed by atoms with Crippen LogP contribution in [0.4, 0.5) is 5.69 Å². The van der Waals surface area contributed by atoms with Gasteiger partial charge >= 0.3 is 0 Å². The van der Waals surface area contributed by atoms with Gasteiger partial charge in [0, 0.05) is 42.5 Å². The van der Waals surface area contributed by atoms with Crippen LogP contribution in [0.3, 0.4) is 0 Å². The maximum atomic E-state index is 10.4. The summed E-state index contributed by atoms with van der Waals surface area (Å²) < 4.78 is 10.9. The van der Waals surface area contributed by atoms with Crippen molar-refractivity contribution < 1.29 is 14.6 Å². The summed E-state index contributed by atoms with van der Waals surface area (Å²) in [5.41, 5.74) is 3.72. The minimum Gasteiger partial charge on any atom is -0.493 e. The first-order valence-electron chi connectivity index (χ1n) is 8.38. The van der Waals surface area contributed by atoms with Crippen LogP contribution >= 0.6 is 0 Å². The molecule has 0 saturated carbocycles. The Morgan fingerprint density at radius 2 is 1.96 bits per heavy atom. The van der Waals surface area contributed by atoms with E-state index in [1.54, 1.807) is 14.2 Å². The number of aromatic nitrogens is 1. The zero-order valence-electron chi connectivity index (χ0n) is 14.1.